The molecule has 2 aromatic carbocycles. The number of nitrogens with zero attached hydrogens (tertiary/aromatic N) is 1. The van der Waals surface area contributed by atoms with Crippen LogP contribution in [0.4, 0.5) is 10.1 Å². The number of rotatable bonds is 3. The van der Waals surface area contributed by atoms with Gasteiger partial charge < -0.3 is 10.4 Å². The summed E-state index contributed by atoms with van der Waals surface area (Å²) in [5, 5.41) is 21.3. The summed E-state index contributed by atoms with van der Waals surface area (Å²) in [6.45, 7) is 0.428. The van der Waals surface area contributed by atoms with Gasteiger partial charge in [-0.2, -0.15) is 5.26 Å². The molecule has 0 radical (unpaired) electrons. The van der Waals surface area contributed by atoms with Crippen LogP contribution in [0, 0.1) is 17.1 Å². The van der Waals surface area contributed by atoms with Gasteiger partial charge in [0.05, 0.1) is 10.2 Å². The fourth-order valence-corrected chi connectivity index (χ4v) is 2.07. The van der Waals surface area contributed by atoms with E-state index in [1.165, 1.54) is 6.07 Å². The zero-order valence-corrected chi connectivity index (χ0v) is 11.4. The van der Waals surface area contributed by atoms with E-state index in [0.717, 1.165) is 5.56 Å². The van der Waals surface area contributed by atoms with E-state index >= 15 is 0 Å². The molecule has 0 fully saturated rings. The normalized spacial score (nSPS) is 9.95. The lowest BCUT2D eigenvalue weighted by Crippen LogP contribution is -2.02. The van der Waals surface area contributed by atoms with E-state index < -0.39 is 5.82 Å². The maximum Gasteiger partial charge on any atom is 0.143 e. The van der Waals surface area contributed by atoms with Gasteiger partial charge in [-0.25, -0.2) is 4.39 Å². The molecule has 2 rings (SSSR count). The Labute approximate surface area is 118 Å². The van der Waals surface area contributed by atoms with Crippen LogP contribution in [0.15, 0.2) is 40.9 Å². The van der Waals surface area contributed by atoms with Gasteiger partial charge in [-0.1, -0.05) is 12.1 Å². The minimum Gasteiger partial charge on any atom is -0.507 e. The Kier molecular flexibility index (Phi) is 4.03. The zero-order valence-electron chi connectivity index (χ0n) is 9.82. The minimum absolute atomic E-state index is 0.000319. The van der Waals surface area contributed by atoms with E-state index in [1.54, 1.807) is 30.3 Å². The largest absolute Gasteiger partial charge is 0.507 e. The van der Waals surface area contributed by atoms with Crippen LogP contribution >= 0.6 is 15.9 Å². The van der Waals surface area contributed by atoms with E-state index in [4.69, 9.17) is 5.26 Å². The first-order valence-corrected chi connectivity index (χ1v) is 6.31. The molecule has 3 nitrogen and oxygen atoms in total. The molecule has 0 amide bonds. The van der Waals surface area contributed by atoms with E-state index in [-0.39, 0.29) is 11.3 Å². The van der Waals surface area contributed by atoms with Crippen LogP contribution in [0.2, 0.25) is 0 Å². The highest BCUT2D eigenvalue weighted by Crippen LogP contribution is 2.25. The molecule has 0 aromatic heterocycles. The van der Waals surface area contributed by atoms with Gasteiger partial charge >= 0.3 is 0 Å². The lowest BCUT2D eigenvalue weighted by atomic mass is 10.1. The summed E-state index contributed by atoms with van der Waals surface area (Å²) >= 11 is 3.22. The summed E-state index contributed by atoms with van der Waals surface area (Å²) in [6.07, 6.45) is 0. The Morgan fingerprint density at radius 3 is 2.79 bits per heavy atom. The third kappa shape index (κ3) is 3.04. The molecule has 0 spiro atoms. The lowest BCUT2D eigenvalue weighted by Gasteiger charge is -2.09. The van der Waals surface area contributed by atoms with Crippen molar-refractivity contribution in [1.82, 2.24) is 0 Å². The number of aromatic hydroxyl groups is 1. The number of nitrogens with one attached hydrogen (secondary N) is 1. The molecule has 0 aliphatic rings. The van der Waals surface area contributed by atoms with Gasteiger partial charge in [0.1, 0.15) is 23.2 Å². The molecule has 0 unspecified atom stereocenters. The van der Waals surface area contributed by atoms with Crippen molar-refractivity contribution < 1.29 is 9.50 Å². The monoisotopic (exact) mass is 320 g/mol. The second-order valence-corrected chi connectivity index (χ2v) is 4.77. The summed E-state index contributed by atoms with van der Waals surface area (Å²) < 4.78 is 14.0. The molecule has 2 aromatic rings. The molecular weight excluding hydrogens is 311 g/mol. The van der Waals surface area contributed by atoms with Gasteiger partial charge in [-0.05, 0) is 45.8 Å². The fourth-order valence-electron chi connectivity index (χ4n) is 1.64. The van der Waals surface area contributed by atoms with Gasteiger partial charge in [-0.15, -0.1) is 0 Å². The molecule has 0 heterocycles. The summed E-state index contributed by atoms with van der Waals surface area (Å²) in [7, 11) is 0. The maximum atomic E-state index is 13.4. The van der Waals surface area contributed by atoms with Crippen molar-refractivity contribution in [2.45, 2.75) is 6.54 Å². The zero-order chi connectivity index (χ0) is 13.8. The van der Waals surface area contributed by atoms with Crippen LogP contribution in [0.25, 0.3) is 0 Å². The third-order valence-electron chi connectivity index (χ3n) is 2.62. The summed E-state index contributed by atoms with van der Waals surface area (Å²) in [5.41, 5.74) is 1.35. The molecule has 96 valence electrons. The van der Waals surface area contributed by atoms with Crippen LogP contribution in [-0.4, -0.2) is 5.11 Å². The molecule has 0 saturated heterocycles. The molecule has 0 atom stereocenters. The van der Waals surface area contributed by atoms with Gasteiger partial charge in [0.25, 0.3) is 0 Å². The Hall–Kier alpha value is -2.06. The number of nitriles is 1. The predicted octanol–water partition coefficient (Wildman–Crippen LogP) is 3.78. The molecule has 19 heavy (non-hydrogen) atoms. The summed E-state index contributed by atoms with van der Waals surface area (Å²) in [6, 6.07) is 11.4. The Morgan fingerprint density at radius 2 is 2.11 bits per heavy atom. The molecule has 0 saturated carbocycles. The Bertz CT molecular complexity index is 652. The highest BCUT2D eigenvalue weighted by Gasteiger charge is 2.07. The first kappa shape index (κ1) is 13.4. The summed E-state index contributed by atoms with van der Waals surface area (Å²) in [5.74, 6) is -0.383. The number of anilines is 1. The molecule has 2 N–H and O–H groups in total. The van der Waals surface area contributed by atoms with Crippen LogP contribution in [0.3, 0.4) is 0 Å². The highest BCUT2D eigenvalue weighted by molar-refractivity contribution is 9.10. The van der Waals surface area contributed by atoms with Gasteiger partial charge in [0.15, 0.2) is 0 Å². The first-order valence-electron chi connectivity index (χ1n) is 5.51. The second kappa shape index (κ2) is 5.72. The van der Waals surface area contributed by atoms with Crippen LogP contribution in [0.1, 0.15) is 11.1 Å². The molecule has 0 aliphatic heterocycles. The minimum atomic E-state index is -0.542. The Morgan fingerprint density at radius 1 is 1.32 bits per heavy atom. The molecule has 0 aliphatic carbocycles. The maximum absolute atomic E-state index is 13.4. The number of hydrogen-bond acceptors (Lipinski definition) is 3. The summed E-state index contributed by atoms with van der Waals surface area (Å²) in [4.78, 5) is 0. The predicted molar refractivity (Wildman–Crippen MR) is 74.2 cm³/mol. The molecular formula is C14H10BrFN2O. The van der Waals surface area contributed by atoms with Crippen molar-refractivity contribution in [1.29, 1.82) is 5.26 Å². The molecule has 0 bridgehead atoms. The highest BCUT2D eigenvalue weighted by atomic mass is 79.9. The third-order valence-corrected chi connectivity index (χ3v) is 3.26. The van der Waals surface area contributed by atoms with Crippen molar-refractivity contribution in [2.24, 2.45) is 0 Å². The van der Waals surface area contributed by atoms with Crippen molar-refractivity contribution in [2.75, 3.05) is 5.32 Å². The number of phenols is 1. The average molecular weight is 321 g/mol. The lowest BCUT2D eigenvalue weighted by molar-refractivity contribution is 0.471. The number of hydrogen-bond donors (Lipinski definition) is 2. The van der Waals surface area contributed by atoms with E-state index in [1.807, 2.05) is 6.07 Å². The van der Waals surface area contributed by atoms with E-state index in [9.17, 15) is 9.50 Å². The van der Waals surface area contributed by atoms with Gasteiger partial charge in [0, 0.05) is 6.54 Å². The van der Waals surface area contributed by atoms with Crippen LogP contribution < -0.4 is 5.32 Å². The second-order valence-electron chi connectivity index (χ2n) is 3.91. The Balaban J connectivity index is 2.17. The quantitative estimate of drug-likeness (QED) is 0.904. The topological polar surface area (TPSA) is 56.0 Å². The molecule has 5 heteroatoms. The van der Waals surface area contributed by atoms with Crippen molar-refractivity contribution in [3.05, 3.63) is 57.8 Å². The van der Waals surface area contributed by atoms with Gasteiger partial charge in [-0.3, -0.25) is 0 Å². The number of phenolic OH excluding ortho intramolecular Hbond substituents is 1. The van der Waals surface area contributed by atoms with E-state index in [2.05, 4.69) is 21.2 Å². The SMILES string of the molecule is N#Cc1c(F)cccc1NCc1ccc(O)c(Br)c1. The number of halogens is 2. The van der Waals surface area contributed by atoms with Gasteiger partial charge in [0.2, 0.25) is 0 Å². The fraction of sp³-hybridized carbons (Fsp3) is 0.0714. The number of benzene rings is 2. The van der Waals surface area contributed by atoms with Crippen molar-refractivity contribution in [3.8, 4) is 11.8 Å². The van der Waals surface area contributed by atoms with Crippen LogP contribution in [-0.2, 0) is 6.54 Å². The van der Waals surface area contributed by atoms with Crippen molar-refractivity contribution in [3.63, 3.8) is 0 Å². The standard InChI is InChI=1S/C14H10BrFN2O/c15-11-6-9(4-5-14(11)19)8-18-13-3-1-2-12(16)10(13)7-17/h1-6,18-19H,8H2. The van der Waals surface area contributed by atoms with E-state index in [0.29, 0.717) is 16.7 Å². The first-order chi connectivity index (χ1) is 9.11. The smallest absolute Gasteiger partial charge is 0.143 e. The average Bonchev–Trinajstić information content (AvgIpc) is 2.40. The van der Waals surface area contributed by atoms with Crippen molar-refractivity contribution >= 4 is 21.6 Å². The van der Waals surface area contributed by atoms with Crippen LogP contribution in [0.5, 0.6) is 5.75 Å².